The van der Waals surface area contributed by atoms with E-state index in [0.717, 1.165) is 0 Å². The third-order valence-corrected chi connectivity index (χ3v) is 1.25. The number of rotatable bonds is 3. The fourth-order valence-corrected chi connectivity index (χ4v) is 0.550. The topological polar surface area (TPSA) is 52.6 Å². The Kier molecular flexibility index (Phi) is 4.77. The van der Waals surface area contributed by atoms with Gasteiger partial charge in [0.05, 0.1) is 5.41 Å². The first kappa shape index (κ1) is 12.2. The van der Waals surface area contributed by atoms with Crippen molar-refractivity contribution in [3.05, 3.63) is 0 Å². The first-order valence-electron chi connectivity index (χ1n) is 3.83. The second-order valence-corrected chi connectivity index (χ2v) is 3.78. The van der Waals surface area contributed by atoms with E-state index in [4.69, 9.17) is 16.3 Å². The van der Waals surface area contributed by atoms with Gasteiger partial charge in [0.2, 0.25) is 0 Å². The van der Waals surface area contributed by atoms with E-state index in [2.05, 4.69) is 4.74 Å². The Bertz CT molecular complexity index is 195. The minimum absolute atomic E-state index is 0.00977. The van der Waals surface area contributed by atoms with Crippen molar-refractivity contribution in [3.8, 4) is 0 Å². The highest BCUT2D eigenvalue weighted by atomic mass is 35.5. The summed E-state index contributed by atoms with van der Waals surface area (Å²) in [7, 11) is 0. The van der Waals surface area contributed by atoms with Crippen LogP contribution < -0.4 is 0 Å². The number of carbonyl (C=O) groups is 2. The molecule has 4 nitrogen and oxygen atoms in total. The highest BCUT2D eigenvalue weighted by Gasteiger charge is 2.22. The first-order valence-corrected chi connectivity index (χ1v) is 4.21. The molecule has 0 aliphatic carbocycles. The fourth-order valence-electron chi connectivity index (χ4n) is 0.473. The molecule has 5 heteroatoms. The Morgan fingerprint density at radius 3 is 2.00 bits per heavy atom. The predicted molar refractivity (Wildman–Crippen MR) is 47.6 cm³/mol. The van der Waals surface area contributed by atoms with Gasteiger partial charge in [-0.15, -0.1) is 0 Å². The van der Waals surface area contributed by atoms with Crippen LogP contribution >= 0.6 is 11.6 Å². The predicted octanol–water partition coefficient (Wildman–Crippen LogP) is 1.95. The maximum atomic E-state index is 11.1. The third-order valence-electron chi connectivity index (χ3n) is 1.14. The molecule has 0 saturated heterocycles. The number of ether oxygens (including phenoxy) is 2. The summed E-state index contributed by atoms with van der Waals surface area (Å²) in [5, 5.41) is 0. The van der Waals surface area contributed by atoms with E-state index in [1.54, 1.807) is 20.8 Å². The molecule has 0 aromatic rings. The van der Waals surface area contributed by atoms with Gasteiger partial charge < -0.3 is 9.47 Å². The van der Waals surface area contributed by atoms with Crippen LogP contribution in [0.15, 0.2) is 0 Å². The molecule has 0 aliphatic rings. The molecular formula is C8H13ClO4. The molecule has 0 saturated carbocycles. The van der Waals surface area contributed by atoms with Crippen LogP contribution in [0, 0.1) is 5.41 Å². The molecule has 0 unspecified atom stereocenters. The molecule has 13 heavy (non-hydrogen) atoms. The number of hydrogen-bond donors (Lipinski definition) is 0. The first-order chi connectivity index (χ1) is 5.84. The van der Waals surface area contributed by atoms with Gasteiger partial charge in [-0.25, -0.2) is 4.79 Å². The second kappa shape index (κ2) is 5.07. The summed E-state index contributed by atoms with van der Waals surface area (Å²) in [6, 6.07) is 0. The lowest BCUT2D eigenvalue weighted by molar-refractivity contribution is -0.153. The normalized spacial score (nSPS) is 10.8. The molecule has 0 fully saturated rings. The van der Waals surface area contributed by atoms with Crippen LogP contribution in [0.2, 0.25) is 0 Å². The van der Waals surface area contributed by atoms with E-state index in [1.165, 1.54) is 0 Å². The van der Waals surface area contributed by atoms with Gasteiger partial charge in [0, 0.05) is 11.6 Å². The van der Waals surface area contributed by atoms with Crippen LogP contribution in [0.5, 0.6) is 0 Å². The molecule has 0 heterocycles. The van der Waals surface area contributed by atoms with Crippen molar-refractivity contribution >= 4 is 23.0 Å². The van der Waals surface area contributed by atoms with E-state index >= 15 is 0 Å². The van der Waals surface area contributed by atoms with E-state index in [0.29, 0.717) is 0 Å². The third kappa shape index (κ3) is 6.40. The van der Waals surface area contributed by atoms with Crippen molar-refractivity contribution in [3.63, 3.8) is 0 Å². The van der Waals surface area contributed by atoms with Gasteiger partial charge in [0.25, 0.3) is 0 Å². The molecule has 0 aromatic heterocycles. The minimum atomic E-state index is -0.896. The Hall–Kier alpha value is -0.770. The van der Waals surface area contributed by atoms with Gasteiger partial charge in [-0.1, -0.05) is 0 Å². The Morgan fingerprint density at radius 2 is 1.62 bits per heavy atom. The van der Waals surface area contributed by atoms with Crippen molar-refractivity contribution in [2.75, 3.05) is 13.2 Å². The van der Waals surface area contributed by atoms with E-state index in [1.807, 2.05) is 0 Å². The lowest BCUT2D eigenvalue weighted by Gasteiger charge is -2.16. The summed E-state index contributed by atoms with van der Waals surface area (Å²) < 4.78 is 9.14. The van der Waals surface area contributed by atoms with Gasteiger partial charge in [0.1, 0.15) is 13.2 Å². The van der Waals surface area contributed by atoms with Crippen LogP contribution in [-0.4, -0.2) is 24.6 Å². The van der Waals surface area contributed by atoms with Crippen molar-refractivity contribution in [2.24, 2.45) is 5.41 Å². The van der Waals surface area contributed by atoms with Crippen molar-refractivity contribution in [1.82, 2.24) is 0 Å². The second-order valence-electron chi connectivity index (χ2n) is 3.47. The van der Waals surface area contributed by atoms with Crippen molar-refractivity contribution in [1.29, 1.82) is 0 Å². The zero-order valence-electron chi connectivity index (χ0n) is 7.93. The average molecular weight is 209 g/mol. The summed E-state index contributed by atoms with van der Waals surface area (Å²) >= 11 is 4.88. The summed E-state index contributed by atoms with van der Waals surface area (Å²) in [5.41, 5.74) is -1.43. The molecule has 0 spiro atoms. The molecule has 0 amide bonds. The Morgan fingerprint density at radius 1 is 1.15 bits per heavy atom. The largest absolute Gasteiger partial charge is 0.462 e. The average Bonchev–Trinajstić information content (AvgIpc) is 1.95. The van der Waals surface area contributed by atoms with Gasteiger partial charge >= 0.3 is 11.4 Å². The van der Waals surface area contributed by atoms with Crippen LogP contribution in [0.25, 0.3) is 0 Å². The van der Waals surface area contributed by atoms with E-state index in [9.17, 15) is 9.59 Å². The maximum absolute atomic E-state index is 11.1. The summed E-state index contributed by atoms with van der Waals surface area (Å²) in [4.78, 5) is 21.2. The zero-order chi connectivity index (χ0) is 10.5. The van der Waals surface area contributed by atoms with Gasteiger partial charge in [-0.2, -0.15) is 0 Å². The Labute approximate surface area is 82.1 Å². The molecule has 0 aromatic carbocycles. The monoisotopic (exact) mass is 208 g/mol. The molecule has 0 atom stereocenters. The van der Waals surface area contributed by atoms with Crippen LogP contribution in [0.1, 0.15) is 20.8 Å². The lowest BCUT2D eigenvalue weighted by Crippen LogP contribution is -2.24. The van der Waals surface area contributed by atoms with Gasteiger partial charge in [-0.3, -0.25) is 4.79 Å². The van der Waals surface area contributed by atoms with E-state index in [-0.39, 0.29) is 19.2 Å². The standard InChI is InChI=1S/C8H13ClO4/c1-8(2,3)6(10)12-4-5-13-7(9)11/h4-5H2,1-3H3. The number of esters is 1. The molecule has 0 N–H and O–H groups in total. The number of halogens is 1. The SMILES string of the molecule is CC(C)(C)C(=O)OCCOC(=O)Cl. The number of hydrogen-bond acceptors (Lipinski definition) is 4. The van der Waals surface area contributed by atoms with Crippen LogP contribution in [0.4, 0.5) is 4.79 Å². The highest BCUT2D eigenvalue weighted by Crippen LogP contribution is 2.14. The van der Waals surface area contributed by atoms with E-state index < -0.39 is 10.8 Å². The minimum Gasteiger partial charge on any atom is -0.462 e. The fraction of sp³-hybridized carbons (Fsp3) is 0.750. The van der Waals surface area contributed by atoms with Crippen LogP contribution in [0.3, 0.4) is 0 Å². The summed E-state index contributed by atoms with van der Waals surface area (Å²) in [6.45, 7) is 5.24. The summed E-state index contributed by atoms with van der Waals surface area (Å²) in [6.07, 6.45) is 0. The van der Waals surface area contributed by atoms with Gasteiger partial charge in [0.15, 0.2) is 0 Å². The molecule has 0 bridgehead atoms. The maximum Gasteiger partial charge on any atom is 0.403 e. The quantitative estimate of drug-likeness (QED) is 0.404. The zero-order valence-corrected chi connectivity index (χ0v) is 8.68. The Balaban J connectivity index is 3.55. The van der Waals surface area contributed by atoms with Crippen LogP contribution in [-0.2, 0) is 14.3 Å². The summed E-state index contributed by atoms with van der Waals surface area (Å²) in [5.74, 6) is -0.335. The molecule has 0 radical (unpaired) electrons. The smallest absolute Gasteiger partial charge is 0.403 e. The molecule has 76 valence electrons. The highest BCUT2D eigenvalue weighted by molar-refractivity contribution is 6.61. The molecular weight excluding hydrogens is 196 g/mol. The van der Waals surface area contributed by atoms with Crippen molar-refractivity contribution < 1.29 is 19.1 Å². The molecule has 0 rings (SSSR count). The van der Waals surface area contributed by atoms with Gasteiger partial charge in [-0.05, 0) is 20.8 Å². The van der Waals surface area contributed by atoms with Crippen molar-refractivity contribution in [2.45, 2.75) is 20.8 Å². The molecule has 0 aliphatic heterocycles. The lowest BCUT2D eigenvalue weighted by atomic mass is 9.97. The number of carbonyl (C=O) groups excluding carboxylic acids is 2.